The molecule has 5 heteroatoms. The van der Waals surface area contributed by atoms with Gasteiger partial charge in [0.1, 0.15) is 0 Å². The molecule has 2 rings (SSSR count). The van der Waals surface area contributed by atoms with Crippen LogP contribution in [0.2, 0.25) is 0 Å². The molecule has 0 saturated carbocycles. The summed E-state index contributed by atoms with van der Waals surface area (Å²) in [4.78, 5) is 14.2. The van der Waals surface area contributed by atoms with Crippen LogP contribution in [0.3, 0.4) is 0 Å². The molecule has 1 saturated heterocycles. The lowest BCUT2D eigenvalue weighted by atomic mass is 10.1. The Labute approximate surface area is 126 Å². The van der Waals surface area contributed by atoms with Gasteiger partial charge in [0.05, 0.1) is 13.2 Å². The van der Waals surface area contributed by atoms with Crippen molar-refractivity contribution < 1.29 is 9.53 Å². The molecule has 0 bridgehead atoms. The van der Waals surface area contributed by atoms with Crippen LogP contribution < -0.4 is 15.5 Å². The van der Waals surface area contributed by atoms with E-state index in [0.717, 1.165) is 44.0 Å². The number of ether oxygens (including phenoxy) is 1. The van der Waals surface area contributed by atoms with E-state index in [1.165, 1.54) is 5.69 Å². The van der Waals surface area contributed by atoms with Gasteiger partial charge in [-0.05, 0) is 44.0 Å². The number of carbonyl (C=O) groups excluding carboxylic acids is 1. The van der Waals surface area contributed by atoms with Crippen molar-refractivity contribution in [1.82, 2.24) is 5.32 Å². The zero-order valence-corrected chi connectivity index (χ0v) is 13.1. The summed E-state index contributed by atoms with van der Waals surface area (Å²) in [5.74, 6) is 0. The molecule has 0 aliphatic carbocycles. The number of benzene rings is 1. The van der Waals surface area contributed by atoms with E-state index in [1.807, 2.05) is 26.8 Å². The number of amides is 2. The van der Waals surface area contributed by atoms with Crippen LogP contribution in [-0.4, -0.2) is 38.4 Å². The minimum Gasteiger partial charge on any atom is -0.378 e. The molecule has 1 aliphatic rings. The average molecular weight is 291 g/mol. The minimum atomic E-state index is -0.147. The molecule has 1 fully saturated rings. The second-order valence-corrected chi connectivity index (χ2v) is 5.51. The predicted molar refractivity (Wildman–Crippen MR) is 86.1 cm³/mol. The summed E-state index contributed by atoms with van der Waals surface area (Å²) < 4.78 is 5.37. The number of aryl methyl sites for hydroxylation is 1. The molecule has 1 aromatic rings. The Bertz CT molecular complexity index is 484. The van der Waals surface area contributed by atoms with Crippen molar-refractivity contribution in [1.29, 1.82) is 0 Å². The molecular formula is C16H25N3O2. The molecule has 21 heavy (non-hydrogen) atoms. The lowest BCUT2D eigenvalue weighted by molar-refractivity contribution is 0.122. The third-order valence-corrected chi connectivity index (χ3v) is 3.82. The number of nitrogens with one attached hydrogen (secondary N) is 2. The highest BCUT2D eigenvalue weighted by atomic mass is 16.5. The van der Waals surface area contributed by atoms with E-state index >= 15 is 0 Å². The highest BCUT2D eigenvalue weighted by Crippen LogP contribution is 2.23. The second-order valence-electron chi connectivity index (χ2n) is 5.51. The number of morpholine rings is 1. The fourth-order valence-electron chi connectivity index (χ4n) is 2.29. The van der Waals surface area contributed by atoms with E-state index in [9.17, 15) is 4.79 Å². The van der Waals surface area contributed by atoms with Crippen LogP contribution in [0.25, 0.3) is 0 Å². The molecule has 1 aliphatic heterocycles. The van der Waals surface area contributed by atoms with Crippen molar-refractivity contribution in [2.45, 2.75) is 33.2 Å². The number of rotatable bonds is 4. The lowest BCUT2D eigenvalue weighted by Gasteiger charge is -2.29. The van der Waals surface area contributed by atoms with Crippen LogP contribution >= 0.6 is 0 Å². The first-order chi connectivity index (χ1) is 10.1. The zero-order valence-electron chi connectivity index (χ0n) is 13.1. The fourth-order valence-corrected chi connectivity index (χ4v) is 2.29. The molecule has 1 unspecified atom stereocenters. The van der Waals surface area contributed by atoms with Gasteiger partial charge in [-0.3, -0.25) is 0 Å². The smallest absolute Gasteiger partial charge is 0.319 e. The summed E-state index contributed by atoms with van der Waals surface area (Å²) in [6.07, 6.45) is 0.919. The molecule has 0 radical (unpaired) electrons. The molecule has 1 heterocycles. The number of hydrogen-bond acceptors (Lipinski definition) is 3. The second kappa shape index (κ2) is 7.31. The summed E-state index contributed by atoms with van der Waals surface area (Å²) in [5, 5.41) is 5.82. The van der Waals surface area contributed by atoms with Gasteiger partial charge in [0.15, 0.2) is 0 Å². The summed E-state index contributed by atoms with van der Waals surface area (Å²) >= 11 is 0. The van der Waals surface area contributed by atoms with E-state index in [-0.39, 0.29) is 12.1 Å². The van der Waals surface area contributed by atoms with Crippen LogP contribution in [-0.2, 0) is 4.74 Å². The largest absolute Gasteiger partial charge is 0.378 e. The molecule has 1 atom stereocenters. The first-order valence-corrected chi connectivity index (χ1v) is 7.61. The molecular weight excluding hydrogens is 266 g/mol. The Hall–Kier alpha value is -1.75. The van der Waals surface area contributed by atoms with Crippen molar-refractivity contribution >= 4 is 17.4 Å². The van der Waals surface area contributed by atoms with E-state index < -0.39 is 0 Å². The van der Waals surface area contributed by atoms with Crippen LogP contribution in [0, 0.1) is 6.92 Å². The monoisotopic (exact) mass is 291 g/mol. The molecule has 116 valence electrons. The highest BCUT2D eigenvalue weighted by molar-refractivity contribution is 5.90. The van der Waals surface area contributed by atoms with Crippen molar-refractivity contribution in [2.24, 2.45) is 0 Å². The Morgan fingerprint density at radius 2 is 2.10 bits per heavy atom. The van der Waals surface area contributed by atoms with Crippen molar-refractivity contribution in [3.8, 4) is 0 Å². The molecule has 2 amide bonds. The first-order valence-electron chi connectivity index (χ1n) is 7.61. The first kappa shape index (κ1) is 15.6. The normalized spacial score (nSPS) is 16.4. The topological polar surface area (TPSA) is 53.6 Å². The molecule has 2 N–H and O–H groups in total. The van der Waals surface area contributed by atoms with Crippen LogP contribution in [0.15, 0.2) is 18.2 Å². The van der Waals surface area contributed by atoms with Crippen molar-refractivity contribution in [3.63, 3.8) is 0 Å². The van der Waals surface area contributed by atoms with Crippen LogP contribution in [0.5, 0.6) is 0 Å². The van der Waals surface area contributed by atoms with E-state index in [0.29, 0.717) is 0 Å². The Kier molecular flexibility index (Phi) is 5.44. The summed E-state index contributed by atoms with van der Waals surface area (Å²) in [5.41, 5.74) is 3.11. The molecule has 0 aromatic heterocycles. The van der Waals surface area contributed by atoms with Gasteiger partial charge in [0.2, 0.25) is 0 Å². The van der Waals surface area contributed by atoms with E-state index in [2.05, 4.69) is 27.7 Å². The third-order valence-electron chi connectivity index (χ3n) is 3.82. The third kappa shape index (κ3) is 4.36. The lowest BCUT2D eigenvalue weighted by Crippen LogP contribution is -2.36. The van der Waals surface area contributed by atoms with Gasteiger partial charge in [0.25, 0.3) is 0 Å². The van der Waals surface area contributed by atoms with E-state index in [1.54, 1.807) is 0 Å². The minimum absolute atomic E-state index is 0.147. The maximum Gasteiger partial charge on any atom is 0.319 e. The van der Waals surface area contributed by atoms with Gasteiger partial charge in [-0.25, -0.2) is 4.79 Å². The van der Waals surface area contributed by atoms with Crippen molar-refractivity contribution in [2.75, 3.05) is 36.5 Å². The summed E-state index contributed by atoms with van der Waals surface area (Å²) in [6, 6.07) is 6.17. The zero-order chi connectivity index (χ0) is 15.2. The van der Waals surface area contributed by atoms with Gasteiger partial charge in [-0.1, -0.05) is 6.92 Å². The van der Waals surface area contributed by atoms with Gasteiger partial charge in [-0.2, -0.15) is 0 Å². The quantitative estimate of drug-likeness (QED) is 0.897. The SMILES string of the molecule is CCC(C)NC(=O)Nc1ccc(N2CCOCC2)cc1C. The molecule has 1 aromatic carbocycles. The predicted octanol–water partition coefficient (Wildman–Crippen LogP) is 2.75. The fraction of sp³-hybridized carbons (Fsp3) is 0.562. The van der Waals surface area contributed by atoms with Gasteiger partial charge < -0.3 is 20.3 Å². The number of carbonyl (C=O) groups is 1. The Balaban J connectivity index is 2.00. The number of anilines is 2. The number of nitrogens with zero attached hydrogens (tertiary/aromatic N) is 1. The highest BCUT2D eigenvalue weighted by Gasteiger charge is 2.13. The molecule has 5 nitrogen and oxygen atoms in total. The Morgan fingerprint density at radius 1 is 1.38 bits per heavy atom. The number of hydrogen-bond donors (Lipinski definition) is 2. The van der Waals surface area contributed by atoms with Crippen LogP contribution in [0.4, 0.5) is 16.2 Å². The average Bonchev–Trinajstić information content (AvgIpc) is 2.50. The van der Waals surface area contributed by atoms with Crippen molar-refractivity contribution in [3.05, 3.63) is 23.8 Å². The van der Waals surface area contributed by atoms with Gasteiger partial charge in [0, 0.05) is 30.5 Å². The van der Waals surface area contributed by atoms with E-state index in [4.69, 9.17) is 4.74 Å². The van der Waals surface area contributed by atoms with Gasteiger partial charge in [-0.15, -0.1) is 0 Å². The maximum absolute atomic E-state index is 11.9. The van der Waals surface area contributed by atoms with Gasteiger partial charge >= 0.3 is 6.03 Å². The summed E-state index contributed by atoms with van der Waals surface area (Å²) in [7, 11) is 0. The standard InChI is InChI=1S/C16H25N3O2/c1-4-13(3)17-16(20)18-15-6-5-14(11-12(15)2)19-7-9-21-10-8-19/h5-6,11,13H,4,7-10H2,1-3H3,(H2,17,18,20). The summed E-state index contributed by atoms with van der Waals surface area (Å²) in [6.45, 7) is 9.44. The van der Waals surface area contributed by atoms with Crippen LogP contribution in [0.1, 0.15) is 25.8 Å². The molecule has 0 spiro atoms. The number of urea groups is 1. The Morgan fingerprint density at radius 3 is 2.71 bits per heavy atom. The maximum atomic E-state index is 11.9.